The predicted molar refractivity (Wildman–Crippen MR) is 88.4 cm³/mol. The fourth-order valence-electron chi connectivity index (χ4n) is 2.93. The summed E-state index contributed by atoms with van der Waals surface area (Å²) in [6.07, 6.45) is 5.70. The average Bonchev–Trinajstić information content (AvgIpc) is 3.28. The summed E-state index contributed by atoms with van der Waals surface area (Å²) in [5.74, 6) is 0.416. The van der Waals surface area contributed by atoms with Gasteiger partial charge in [-0.05, 0) is 12.8 Å². The van der Waals surface area contributed by atoms with Crippen LogP contribution < -0.4 is 5.32 Å². The van der Waals surface area contributed by atoms with Crippen molar-refractivity contribution in [2.45, 2.75) is 45.7 Å². The Kier molecular flexibility index (Phi) is 5.06. The van der Waals surface area contributed by atoms with Crippen LogP contribution >= 0.6 is 0 Å². The van der Waals surface area contributed by atoms with Gasteiger partial charge in [0.25, 0.3) is 5.91 Å². The highest BCUT2D eigenvalue weighted by molar-refractivity contribution is 5.92. The Hall–Kier alpha value is -2.77. The second-order valence-corrected chi connectivity index (χ2v) is 6.03. The van der Waals surface area contributed by atoms with Gasteiger partial charge in [-0.1, -0.05) is 12.1 Å². The van der Waals surface area contributed by atoms with Crippen LogP contribution in [0.4, 0.5) is 0 Å². The van der Waals surface area contributed by atoms with E-state index in [0.717, 1.165) is 18.5 Å². The molecule has 2 aromatic rings. The molecule has 2 amide bonds. The number of carbonyl (C=O) groups excluding carboxylic acids is 2. The first-order valence-corrected chi connectivity index (χ1v) is 8.40. The zero-order chi connectivity index (χ0) is 17.8. The summed E-state index contributed by atoms with van der Waals surface area (Å²) in [7, 11) is 0. The summed E-state index contributed by atoms with van der Waals surface area (Å²) < 4.78 is 5.14. The van der Waals surface area contributed by atoms with E-state index in [1.807, 2.05) is 6.92 Å². The first-order chi connectivity index (χ1) is 12.1. The third-order valence-electron chi connectivity index (χ3n) is 4.20. The number of rotatable bonds is 5. The monoisotopic (exact) mass is 343 g/mol. The number of carbonyl (C=O) groups is 2. The third-order valence-corrected chi connectivity index (χ3v) is 4.20. The lowest BCUT2D eigenvalue weighted by Gasteiger charge is -2.23. The number of hydrogen-bond acceptors (Lipinski definition) is 6. The van der Waals surface area contributed by atoms with Gasteiger partial charge >= 0.3 is 0 Å². The molecule has 8 nitrogen and oxygen atoms in total. The van der Waals surface area contributed by atoms with Crippen LogP contribution in [-0.4, -0.2) is 38.4 Å². The molecule has 1 N–H and O–H groups in total. The molecule has 1 atom stereocenters. The zero-order valence-electron chi connectivity index (χ0n) is 14.4. The highest BCUT2D eigenvalue weighted by Crippen LogP contribution is 2.31. The van der Waals surface area contributed by atoms with Crippen LogP contribution in [0, 0.1) is 0 Å². The van der Waals surface area contributed by atoms with E-state index < -0.39 is 0 Å². The van der Waals surface area contributed by atoms with Gasteiger partial charge in [-0.15, -0.1) is 0 Å². The van der Waals surface area contributed by atoms with Crippen molar-refractivity contribution in [3.8, 4) is 0 Å². The van der Waals surface area contributed by atoms with E-state index in [0.29, 0.717) is 36.7 Å². The Bertz CT molecular complexity index is 773. The number of aromatic nitrogens is 3. The summed E-state index contributed by atoms with van der Waals surface area (Å²) in [5, 5.41) is 6.58. The van der Waals surface area contributed by atoms with Crippen molar-refractivity contribution >= 4 is 11.8 Å². The number of aryl methyl sites for hydroxylation is 1. The minimum Gasteiger partial charge on any atom is -0.361 e. The van der Waals surface area contributed by atoms with Gasteiger partial charge in [-0.25, -0.2) is 0 Å². The Balaban J connectivity index is 1.78. The molecule has 0 saturated carbocycles. The van der Waals surface area contributed by atoms with Gasteiger partial charge in [0.2, 0.25) is 5.91 Å². The molecular formula is C17H21N5O3. The topological polar surface area (TPSA) is 101 Å². The van der Waals surface area contributed by atoms with Crippen molar-refractivity contribution in [1.82, 2.24) is 25.3 Å². The summed E-state index contributed by atoms with van der Waals surface area (Å²) >= 11 is 0. The van der Waals surface area contributed by atoms with E-state index >= 15 is 0 Å². The molecule has 3 heterocycles. The molecule has 0 bridgehead atoms. The van der Waals surface area contributed by atoms with Crippen molar-refractivity contribution in [2.24, 2.45) is 0 Å². The SMILES string of the molecule is CCc1cc(C(=O)N2CCC[C@@H]2c2cncc(CNC(C)=O)n2)no1. The first-order valence-electron chi connectivity index (χ1n) is 8.40. The molecule has 2 aromatic heterocycles. The Morgan fingerprint density at radius 3 is 2.96 bits per heavy atom. The summed E-state index contributed by atoms with van der Waals surface area (Å²) in [6.45, 7) is 4.37. The van der Waals surface area contributed by atoms with Gasteiger partial charge < -0.3 is 14.7 Å². The Morgan fingerprint density at radius 2 is 2.24 bits per heavy atom. The maximum atomic E-state index is 12.8. The van der Waals surface area contributed by atoms with Crippen LogP contribution in [0.2, 0.25) is 0 Å². The number of amides is 2. The second kappa shape index (κ2) is 7.42. The summed E-state index contributed by atoms with van der Waals surface area (Å²) in [6, 6.07) is 1.55. The van der Waals surface area contributed by atoms with Crippen LogP contribution in [0.3, 0.4) is 0 Å². The van der Waals surface area contributed by atoms with Crippen molar-refractivity contribution in [3.05, 3.63) is 41.3 Å². The van der Waals surface area contributed by atoms with Gasteiger partial charge in [0.05, 0.1) is 36.4 Å². The second-order valence-electron chi connectivity index (χ2n) is 6.03. The molecule has 8 heteroatoms. The minimum atomic E-state index is -0.153. The van der Waals surface area contributed by atoms with Crippen LogP contribution in [0.1, 0.15) is 60.4 Å². The average molecular weight is 343 g/mol. The molecule has 0 radical (unpaired) electrons. The molecule has 1 saturated heterocycles. The molecule has 1 aliphatic rings. The van der Waals surface area contributed by atoms with Gasteiger partial charge in [0, 0.05) is 26.0 Å². The van der Waals surface area contributed by atoms with Crippen molar-refractivity contribution in [1.29, 1.82) is 0 Å². The highest BCUT2D eigenvalue weighted by Gasteiger charge is 2.33. The largest absolute Gasteiger partial charge is 0.361 e. The van der Waals surface area contributed by atoms with Crippen molar-refractivity contribution < 1.29 is 14.1 Å². The number of nitrogens with zero attached hydrogens (tertiary/aromatic N) is 4. The minimum absolute atomic E-state index is 0.123. The lowest BCUT2D eigenvalue weighted by Crippen LogP contribution is -2.31. The van der Waals surface area contributed by atoms with Gasteiger partial charge in [0.1, 0.15) is 5.76 Å². The highest BCUT2D eigenvalue weighted by atomic mass is 16.5. The lowest BCUT2D eigenvalue weighted by atomic mass is 10.1. The normalized spacial score (nSPS) is 16.9. The zero-order valence-corrected chi connectivity index (χ0v) is 14.4. The quantitative estimate of drug-likeness (QED) is 0.885. The Labute approximate surface area is 145 Å². The molecule has 1 aliphatic heterocycles. The summed E-state index contributed by atoms with van der Waals surface area (Å²) in [4.78, 5) is 34.3. The number of likely N-dealkylation sites (tertiary alicyclic amines) is 1. The lowest BCUT2D eigenvalue weighted by molar-refractivity contribution is -0.119. The molecule has 3 rings (SSSR count). The number of hydrogen-bond donors (Lipinski definition) is 1. The Morgan fingerprint density at radius 1 is 1.40 bits per heavy atom. The van der Waals surface area contributed by atoms with E-state index in [1.165, 1.54) is 6.92 Å². The van der Waals surface area contributed by atoms with Gasteiger partial charge in [0.15, 0.2) is 5.69 Å². The fraction of sp³-hybridized carbons (Fsp3) is 0.471. The molecule has 25 heavy (non-hydrogen) atoms. The van der Waals surface area contributed by atoms with E-state index in [-0.39, 0.29) is 17.9 Å². The van der Waals surface area contributed by atoms with E-state index in [2.05, 4.69) is 20.4 Å². The standard InChI is InChI=1S/C17H21N5O3/c1-3-13-7-14(21-25-13)17(24)22-6-4-5-16(22)15-10-18-8-12(20-15)9-19-11(2)23/h7-8,10,16H,3-6,9H2,1-2H3,(H,19,23)/t16-/m1/s1. The van der Waals surface area contributed by atoms with E-state index in [4.69, 9.17) is 4.52 Å². The molecule has 0 spiro atoms. The van der Waals surface area contributed by atoms with Crippen LogP contribution in [0.15, 0.2) is 23.0 Å². The fourth-order valence-corrected chi connectivity index (χ4v) is 2.93. The third kappa shape index (κ3) is 3.84. The first kappa shape index (κ1) is 17.1. The smallest absolute Gasteiger partial charge is 0.276 e. The van der Waals surface area contributed by atoms with Crippen LogP contribution in [0.5, 0.6) is 0 Å². The van der Waals surface area contributed by atoms with Crippen LogP contribution in [-0.2, 0) is 17.8 Å². The van der Waals surface area contributed by atoms with E-state index in [1.54, 1.807) is 23.4 Å². The molecular weight excluding hydrogens is 322 g/mol. The molecule has 0 aromatic carbocycles. The molecule has 0 unspecified atom stereocenters. The molecule has 1 fully saturated rings. The van der Waals surface area contributed by atoms with E-state index in [9.17, 15) is 9.59 Å². The predicted octanol–water partition coefficient (Wildman–Crippen LogP) is 1.64. The maximum absolute atomic E-state index is 12.8. The molecule has 132 valence electrons. The molecule has 0 aliphatic carbocycles. The van der Waals surface area contributed by atoms with Crippen LogP contribution in [0.25, 0.3) is 0 Å². The van der Waals surface area contributed by atoms with Crippen molar-refractivity contribution in [2.75, 3.05) is 6.54 Å². The van der Waals surface area contributed by atoms with Crippen molar-refractivity contribution in [3.63, 3.8) is 0 Å². The maximum Gasteiger partial charge on any atom is 0.276 e. The van der Waals surface area contributed by atoms with Gasteiger partial charge in [-0.2, -0.15) is 0 Å². The summed E-state index contributed by atoms with van der Waals surface area (Å²) in [5.41, 5.74) is 1.72. The van der Waals surface area contributed by atoms with Gasteiger partial charge in [-0.3, -0.25) is 19.6 Å². The number of nitrogens with one attached hydrogen (secondary N) is 1.